The minimum absolute atomic E-state index is 0.484. The van der Waals surface area contributed by atoms with Gasteiger partial charge in [0.25, 0.3) is 0 Å². The number of methoxy groups -OCH3 is 1. The standard InChI is InChI=1S/C15H27N3O2/c1-13-12-18(9-11-20-14-6-3-4-7-14)15(17-13)16-8-5-10-19-2/h12,14H,3-11H2,1-2H3,(H,16,17). The van der Waals surface area contributed by atoms with Gasteiger partial charge in [0.1, 0.15) is 0 Å². The van der Waals surface area contributed by atoms with E-state index in [1.165, 1.54) is 25.7 Å². The first-order valence-electron chi connectivity index (χ1n) is 7.68. The van der Waals surface area contributed by atoms with Crippen molar-refractivity contribution in [3.63, 3.8) is 0 Å². The molecule has 0 radical (unpaired) electrons. The molecule has 0 saturated heterocycles. The Bertz CT molecular complexity index is 386. The summed E-state index contributed by atoms with van der Waals surface area (Å²) < 4.78 is 13.1. The summed E-state index contributed by atoms with van der Waals surface area (Å²) in [5.41, 5.74) is 1.04. The Morgan fingerprint density at radius 2 is 2.15 bits per heavy atom. The SMILES string of the molecule is COCCCNc1nc(C)cn1CCOC1CCCC1. The Balaban J connectivity index is 1.74. The highest BCUT2D eigenvalue weighted by molar-refractivity contribution is 5.28. The van der Waals surface area contributed by atoms with Crippen molar-refractivity contribution in [2.45, 2.75) is 51.7 Å². The molecule has 1 heterocycles. The number of aromatic nitrogens is 2. The molecule has 20 heavy (non-hydrogen) atoms. The Morgan fingerprint density at radius 1 is 1.35 bits per heavy atom. The molecule has 0 unspecified atom stereocenters. The van der Waals surface area contributed by atoms with Gasteiger partial charge in [-0.3, -0.25) is 0 Å². The molecule has 2 rings (SSSR count). The second-order valence-electron chi connectivity index (χ2n) is 5.45. The van der Waals surface area contributed by atoms with Gasteiger partial charge in [0.2, 0.25) is 5.95 Å². The van der Waals surface area contributed by atoms with Crippen LogP contribution in [0, 0.1) is 6.92 Å². The lowest BCUT2D eigenvalue weighted by Crippen LogP contribution is -2.15. The second-order valence-corrected chi connectivity index (χ2v) is 5.45. The zero-order valence-corrected chi connectivity index (χ0v) is 12.7. The number of ether oxygens (including phenoxy) is 2. The molecule has 0 atom stereocenters. The summed E-state index contributed by atoms with van der Waals surface area (Å²) in [5, 5.41) is 3.36. The molecule has 1 aromatic heterocycles. The lowest BCUT2D eigenvalue weighted by molar-refractivity contribution is 0.0532. The summed E-state index contributed by atoms with van der Waals surface area (Å²) in [5.74, 6) is 0.939. The highest BCUT2D eigenvalue weighted by Gasteiger charge is 2.15. The fourth-order valence-corrected chi connectivity index (χ4v) is 2.65. The van der Waals surface area contributed by atoms with Crippen LogP contribution in [0.2, 0.25) is 0 Å². The number of hydrogen-bond donors (Lipinski definition) is 1. The van der Waals surface area contributed by atoms with E-state index in [1.54, 1.807) is 7.11 Å². The zero-order chi connectivity index (χ0) is 14.2. The van der Waals surface area contributed by atoms with Crippen LogP contribution in [0.15, 0.2) is 6.20 Å². The third kappa shape index (κ3) is 4.80. The number of imidazole rings is 1. The quantitative estimate of drug-likeness (QED) is 0.707. The van der Waals surface area contributed by atoms with Gasteiger partial charge >= 0.3 is 0 Å². The Morgan fingerprint density at radius 3 is 2.90 bits per heavy atom. The molecular weight excluding hydrogens is 254 g/mol. The van der Waals surface area contributed by atoms with Crippen molar-refractivity contribution < 1.29 is 9.47 Å². The third-order valence-corrected chi connectivity index (χ3v) is 3.69. The van der Waals surface area contributed by atoms with Crippen LogP contribution in [0.1, 0.15) is 37.8 Å². The maximum Gasteiger partial charge on any atom is 0.203 e. The van der Waals surface area contributed by atoms with Crippen LogP contribution in [0.25, 0.3) is 0 Å². The Hall–Kier alpha value is -1.07. The minimum atomic E-state index is 0.484. The van der Waals surface area contributed by atoms with E-state index in [9.17, 15) is 0 Å². The summed E-state index contributed by atoms with van der Waals surface area (Å²) in [6.45, 7) is 5.32. The summed E-state index contributed by atoms with van der Waals surface area (Å²) in [4.78, 5) is 4.51. The van der Waals surface area contributed by atoms with E-state index in [2.05, 4.69) is 21.1 Å². The first-order chi connectivity index (χ1) is 9.79. The number of hydrogen-bond acceptors (Lipinski definition) is 4. The molecule has 0 amide bonds. The molecule has 5 nitrogen and oxygen atoms in total. The van der Waals surface area contributed by atoms with E-state index in [0.29, 0.717) is 6.10 Å². The Labute approximate surface area is 121 Å². The molecule has 1 N–H and O–H groups in total. The first kappa shape index (κ1) is 15.3. The lowest BCUT2D eigenvalue weighted by Gasteiger charge is -2.13. The molecule has 0 aliphatic heterocycles. The van der Waals surface area contributed by atoms with Crippen molar-refractivity contribution >= 4 is 5.95 Å². The second kappa shape index (κ2) is 8.27. The molecule has 1 aliphatic carbocycles. The highest BCUT2D eigenvalue weighted by Crippen LogP contribution is 2.21. The molecule has 1 fully saturated rings. The summed E-state index contributed by atoms with van der Waals surface area (Å²) in [6, 6.07) is 0. The average molecular weight is 281 g/mol. The molecule has 1 saturated carbocycles. The summed E-state index contributed by atoms with van der Waals surface area (Å²) in [6.07, 6.45) is 8.65. The fraction of sp³-hybridized carbons (Fsp3) is 0.800. The minimum Gasteiger partial charge on any atom is -0.385 e. The maximum atomic E-state index is 5.92. The summed E-state index contributed by atoms with van der Waals surface area (Å²) >= 11 is 0. The number of aryl methyl sites for hydroxylation is 1. The summed E-state index contributed by atoms with van der Waals surface area (Å²) in [7, 11) is 1.73. The van der Waals surface area contributed by atoms with Gasteiger partial charge in [-0.1, -0.05) is 12.8 Å². The predicted molar refractivity (Wildman–Crippen MR) is 80.2 cm³/mol. The van der Waals surface area contributed by atoms with Crippen LogP contribution >= 0.6 is 0 Å². The van der Waals surface area contributed by atoms with Gasteiger partial charge in [-0.2, -0.15) is 0 Å². The number of nitrogens with zero attached hydrogens (tertiary/aromatic N) is 2. The predicted octanol–water partition coefficient (Wildman–Crippen LogP) is 2.60. The first-order valence-corrected chi connectivity index (χ1v) is 7.68. The number of rotatable bonds is 9. The van der Waals surface area contributed by atoms with Crippen LogP contribution in [0.5, 0.6) is 0 Å². The van der Waals surface area contributed by atoms with Gasteiger partial charge in [-0.05, 0) is 26.2 Å². The topological polar surface area (TPSA) is 48.3 Å². The number of anilines is 1. The van der Waals surface area contributed by atoms with Crippen LogP contribution < -0.4 is 5.32 Å². The van der Waals surface area contributed by atoms with Crippen LogP contribution in [0.4, 0.5) is 5.95 Å². The zero-order valence-electron chi connectivity index (χ0n) is 12.7. The van der Waals surface area contributed by atoms with Gasteiger partial charge in [0.05, 0.1) is 18.4 Å². The molecular formula is C15H27N3O2. The van der Waals surface area contributed by atoms with E-state index in [-0.39, 0.29) is 0 Å². The van der Waals surface area contributed by atoms with Crippen molar-refractivity contribution in [3.8, 4) is 0 Å². The van der Waals surface area contributed by atoms with E-state index < -0.39 is 0 Å². The van der Waals surface area contributed by atoms with E-state index in [1.807, 2.05) is 6.92 Å². The molecule has 0 aromatic carbocycles. The molecule has 1 aromatic rings. The van der Waals surface area contributed by atoms with Crippen LogP contribution in [-0.2, 0) is 16.0 Å². The van der Waals surface area contributed by atoms with Gasteiger partial charge < -0.3 is 19.4 Å². The smallest absolute Gasteiger partial charge is 0.203 e. The highest BCUT2D eigenvalue weighted by atomic mass is 16.5. The van der Waals surface area contributed by atoms with E-state index >= 15 is 0 Å². The van der Waals surface area contributed by atoms with E-state index in [4.69, 9.17) is 9.47 Å². The Kier molecular flexibility index (Phi) is 6.33. The van der Waals surface area contributed by atoms with Gasteiger partial charge in [-0.15, -0.1) is 0 Å². The van der Waals surface area contributed by atoms with Gasteiger partial charge in [-0.25, -0.2) is 4.98 Å². The molecule has 1 aliphatic rings. The molecule has 0 spiro atoms. The normalized spacial score (nSPS) is 15.9. The lowest BCUT2D eigenvalue weighted by atomic mass is 10.3. The molecule has 0 bridgehead atoms. The maximum absolute atomic E-state index is 5.92. The van der Waals surface area contributed by atoms with Crippen molar-refractivity contribution in [2.75, 3.05) is 32.2 Å². The largest absolute Gasteiger partial charge is 0.385 e. The third-order valence-electron chi connectivity index (χ3n) is 3.69. The van der Waals surface area contributed by atoms with Crippen molar-refractivity contribution in [2.24, 2.45) is 0 Å². The number of nitrogens with one attached hydrogen (secondary N) is 1. The molecule has 5 heteroatoms. The van der Waals surface area contributed by atoms with Crippen molar-refractivity contribution in [1.82, 2.24) is 9.55 Å². The van der Waals surface area contributed by atoms with Crippen molar-refractivity contribution in [3.05, 3.63) is 11.9 Å². The molecule has 114 valence electrons. The van der Waals surface area contributed by atoms with Gasteiger partial charge in [0, 0.05) is 33.0 Å². The fourth-order valence-electron chi connectivity index (χ4n) is 2.65. The average Bonchev–Trinajstić information content (AvgIpc) is 3.05. The monoisotopic (exact) mass is 281 g/mol. The van der Waals surface area contributed by atoms with E-state index in [0.717, 1.165) is 44.4 Å². The van der Waals surface area contributed by atoms with Crippen LogP contribution in [0.3, 0.4) is 0 Å². The van der Waals surface area contributed by atoms with Crippen molar-refractivity contribution in [1.29, 1.82) is 0 Å². The van der Waals surface area contributed by atoms with Crippen LogP contribution in [-0.4, -0.2) is 42.5 Å². The van der Waals surface area contributed by atoms with Gasteiger partial charge in [0.15, 0.2) is 0 Å².